The number of hydrogen-bond acceptors (Lipinski definition) is 5. The number of hydrogen-bond donors (Lipinski definition) is 0. The minimum absolute atomic E-state index is 0.221. The fourth-order valence-corrected chi connectivity index (χ4v) is 5.67. The van der Waals surface area contributed by atoms with Gasteiger partial charge in [-0.15, -0.1) is 13.2 Å². The second kappa shape index (κ2) is 10.1. The predicted octanol–water partition coefficient (Wildman–Crippen LogP) is -10.6. The fourth-order valence-electron chi connectivity index (χ4n) is 5.67. The number of benzene rings is 2. The number of amides is 1. The molecule has 19 heteroatoms. The standard InChI is InChI=1S/C21H26B10F3N3O3/c22-10-8(6-1-3-7(4-2-6)40-21(32,33)34)11(23)12(24)14-9(10)17(38)37(19(28,29)5-39-14)20(30,31)18-35-15(26)13(25)16(27)36-18/h1-4H,5,22-31H2. The molecule has 6 nitrogen and oxygen atoms in total. The van der Waals surface area contributed by atoms with Crippen molar-refractivity contribution < 1.29 is 27.4 Å². The van der Waals surface area contributed by atoms with Gasteiger partial charge in [-0.25, -0.2) is 9.97 Å². The molecule has 1 aliphatic heterocycles. The van der Waals surface area contributed by atoms with Gasteiger partial charge >= 0.3 is 6.36 Å². The molecule has 1 amide bonds. The molecule has 194 valence electrons. The Kier molecular flexibility index (Phi) is 7.60. The van der Waals surface area contributed by atoms with E-state index in [0.29, 0.717) is 28.2 Å². The summed E-state index contributed by atoms with van der Waals surface area (Å²) >= 11 is 0. The van der Waals surface area contributed by atoms with Gasteiger partial charge in [-0.3, -0.25) is 4.79 Å². The summed E-state index contributed by atoms with van der Waals surface area (Å²) in [4.78, 5) is 26.0. The van der Waals surface area contributed by atoms with E-state index in [9.17, 15) is 18.0 Å². The van der Waals surface area contributed by atoms with Crippen LogP contribution in [0.2, 0.25) is 0 Å². The SMILES string of the molecule is Bc1nc(C(B)(B)N2C(=O)c3c(B)c(-c4ccc(OC(F)(F)F)cc4)c(B)c(B)c3OCC2(B)B)nc(B)c1B. The van der Waals surface area contributed by atoms with Gasteiger partial charge in [0.05, 0.1) is 12.2 Å². The van der Waals surface area contributed by atoms with E-state index in [2.05, 4.69) is 4.74 Å². The fraction of sp³-hybridized carbons (Fsp3) is 0.190. The zero-order chi connectivity index (χ0) is 29.9. The number of rotatable bonds is 4. The first-order valence-corrected chi connectivity index (χ1v) is 13.2. The van der Waals surface area contributed by atoms with Crippen LogP contribution >= 0.6 is 0 Å². The lowest BCUT2D eigenvalue weighted by molar-refractivity contribution is -0.274. The first-order valence-electron chi connectivity index (χ1n) is 13.2. The smallest absolute Gasteiger partial charge is 0.493 e. The third kappa shape index (κ3) is 5.23. The van der Waals surface area contributed by atoms with Crippen molar-refractivity contribution in [2.24, 2.45) is 0 Å². The van der Waals surface area contributed by atoms with Gasteiger partial charge in [0.25, 0.3) is 5.91 Å². The quantitative estimate of drug-likeness (QED) is 0.312. The molecule has 0 saturated heterocycles. The Balaban J connectivity index is 1.90. The van der Waals surface area contributed by atoms with Crippen LogP contribution in [0.3, 0.4) is 0 Å². The molecule has 1 aliphatic rings. The van der Waals surface area contributed by atoms with Gasteiger partial charge < -0.3 is 14.4 Å². The van der Waals surface area contributed by atoms with E-state index in [1.165, 1.54) is 12.1 Å². The van der Waals surface area contributed by atoms with Crippen molar-refractivity contribution in [1.82, 2.24) is 14.9 Å². The van der Waals surface area contributed by atoms with Crippen LogP contribution in [0.1, 0.15) is 16.2 Å². The van der Waals surface area contributed by atoms with Crippen molar-refractivity contribution in [2.45, 2.75) is 17.0 Å². The van der Waals surface area contributed by atoms with E-state index >= 15 is 0 Å². The van der Waals surface area contributed by atoms with Crippen LogP contribution < -0.4 is 42.5 Å². The Labute approximate surface area is 241 Å². The average molecular weight is 534 g/mol. The molecule has 3 aromatic rings. The maximum absolute atomic E-state index is 14.6. The van der Waals surface area contributed by atoms with Gasteiger partial charge in [0, 0.05) is 10.7 Å². The molecule has 1 aromatic heterocycles. The first kappa shape index (κ1) is 30.0. The number of carbonyl (C=O) groups is 1. The summed E-state index contributed by atoms with van der Waals surface area (Å²) in [5.41, 5.74) is 6.95. The average Bonchev–Trinajstić information content (AvgIpc) is 2.94. The summed E-state index contributed by atoms with van der Waals surface area (Å²) in [6.07, 6.45) is -4.78. The van der Waals surface area contributed by atoms with E-state index in [0.717, 1.165) is 33.1 Å². The largest absolute Gasteiger partial charge is 0.573 e. The van der Waals surface area contributed by atoms with Crippen molar-refractivity contribution in [1.29, 1.82) is 0 Å². The molecule has 2 heterocycles. The minimum atomic E-state index is -4.78. The summed E-state index contributed by atoms with van der Waals surface area (Å²) in [6, 6.07) is 5.70. The second-order valence-electron chi connectivity index (χ2n) is 11.7. The Morgan fingerprint density at radius 2 is 1.40 bits per heavy atom. The number of aromatic nitrogens is 2. The van der Waals surface area contributed by atoms with E-state index < -0.39 is 17.0 Å². The summed E-state index contributed by atoms with van der Waals surface area (Å²) in [7, 11) is 19.3. The lowest BCUT2D eigenvalue weighted by Crippen LogP contribution is -2.66. The maximum Gasteiger partial charge on any atom is 0.573 e. The van der Waals surface area contributed by atoms with Gasteiger partial charge in [-0.05, 0) is 34.4 Å². The number of halogens is 3. The third-order valence-electron chi connectivity index (χ3n) is 7.96. The number of nitrogens with zero attached hydrogens (tertiary/aromatic N) is 3. The summed E-state index contributed by atoms with van der Waals surface area (Å²) < 4.78 is 48.6. The van der Waals surface area contributed by atoms with E-state index in [1.54, 1.807) is 17.0 Å². The highest BCUT2D eigenvalue weighted by atomic mass is 19.4. The van der Waals surface area contributed by atoms with Crippen LogP contribution in [0, 0.1) is 0 Å². The Hall–Kier alpha value is -2.97. The summed E-state index contributed by atoms with van der Waals surface area (Å²) in [5.74, 6) is 0.529. The highest BCUT2D eigenvalue weighted by Crippen LogP contribution is 2.33. The topological polar surface area (TPSA) is 64.6 Å². The molecule has 0 fully saturated rings. The number of fused-ring (bicyclic) bond motifs is 1. The van der Waals surface area contributed by atoms with Gasteiger partial charge in [-0.2, -0.15) is 0 Å². The third-order valence-corrected chi connectivity index (χ3v) is 7.96. The molecule has 0 spiro atoms. The number of ether oxygens (including phenoxy) is 2. The molecule has 0 unspecified atom stereocenters. The Morgan fingerprint density at radius 1 is 0.850 bits per heavy atom. The second-order valence-corrected chi connectivity index (χ2v) is 11.7. The molecular weight excluding hydrogens is 507 g/mol. The van der Waals surface area contributed by atoms with Gasteiger partial charge in [0.2, 0.25) is 0 Å². The van der Waals surface area contributed by atoms with Gasteiger partial charge in [0.1, 0.15) is 80.1 Å². The molecule has 0 N–H and O–H groups in total. The van der Waals surface area contributed by atoms with Gasteiger partial charge in [0.15, 0.2) is 15.7 Å². The van der Waals surface area contributed by atoms with Crippen molar-refractivity contribution in [3.8, 4) is 22.6 Å². The first-order chi connectivity index (χ1) is 18.4. The number of alkyl halides is 3. The molecule has 40 heavy (non-hydrogen) atoms. The summed E-state index contributed by atoms with van der Waals surface area (Å²) in [6.45, 7) is 0.252. The van der Waals surface area contributed by atoms with E-state index in [1.807, 2.05) is 78.5 Å². The summed E-state index contributed by atoms with van der Waals surface area (Å²) in [5, 5.41) is -1.62. The Bertz CT molecular complexity index is 1500. The van der Waals surface area contributed by atoms with Crippen molar-refractivity contribution >= 4 is 117 Å². The highest BCUT2D eigenvalue weighted by Gasteiger charge is 2.47. The molecule has 0 aliphatic carbocycles. The van der Waals surface area contributed by atoms with Crippen molar-refractivity contribution in [2.75, 3.05) is 6.61 Å². The van der Waals surface area contributed by atoms with Gasteiger partial charge in [-0.1, -0.05) is 34.0 Å². The van der Waals surface area contributed by atoms with Crippen LogP contribution in [-0.2, 0) is 5.34 Å². The van der Waals surface area contributed by atoms with Crippen molar-refractivity contribution in [3.05, 3.63) is 35.7 Å². The van der Waals surface area contributed by atoms with E-state index in [-0.39, 0.29) is 18.3 Å². The van der Waals surface area contributed by atoms with E-state index in [4.69, 9.17) is 14.7 Å². The van der Waals surface area contributed by atoms with Crippen LogP contribution in [0.4, 0.5) is 13.2 Å². The zero-order valence-corrected chi connectivity index (χ0v) is 24.7. The molecule has 0 bridgehead atoms. The maximum atomic E-state index is 14.6. The lowest BCUT2D eigenvalue weighted by atomic mass is 9.52. The molecular formula is C21H26B10F3N3O3. The molecule has 0 radical (unpaired) electrons. The predicted molar refractivity (Wildman–Crippen MR) is 180 cm³/mol. The molecule has 0 atom stereocenters. The molecule has 2 aromatic carbocycles. The molecule has 4 rings (SSSR count). The van der Waals surface area contributed by atoms with Crippen LogP contribution in [0.15, 0.2) is 24.3 Å². The zero-order valence-electron chi connectivity index (χ0n) is 24.7. The monoisotopic (exact) mass is 535 g/mol. The Morgan fingerprint density at radius 3 is 1.93 bits per heavy atom. The normalized spacial score (nSPS) is 15.2. The van der Waals surface area contributed by atoms with Crippen molar-refractivity contribution in [3.63, 3.8) is 0 Å². The van der Waals surface area contributed by atoms with Crippen LogP contribution in [0.5, 0.6) is 11.5 Å². The lowest BCUT2D eigenvalue weighted by Gasteiger charge is -2.47. The minimum Gasteiger partial charge on any atom is -0.493 e. The van der Waals surface area contributed by atoms with Crippen LogP contribution in [0.25, 0.3) is 11.1 Å². The highest BCUT2D eigenvalue weighted by molar-refractivity contribution is 6.57. The molecule has 0 saturated carbocycles. The number of carbonyl (C=O) groups excluding carboxylic acids is 1. The van der Waals surface area contributed by atoms with Crippen LogP contribution in [-0.4, -0.2) is 118 Å².